The van der Waals surface area contributed by atoms with E-state index in [0.29, 0.717) is 12.3 Å². The molecule has 0 aromatic heterocycles. The fraction of sp³-hybridized carbons (Fsp3) is 0.857. The second-order valence-electron chi connectivity index (χ2n) is 5.54. The van der Waals surface area contributed by atoms with E-state index in [1.165, 1.54) is 14.2 Å². The molecule has 1 saturated heterocycles. The first-order valence-electron chi connectivity index (χ1n) is 7.11. The molecule has 0 radical (unpaired) electrons. The van der Waals surface area contributed by atoms with Crippen molar-refractivity contribution in [3.8, 4) is 0 Å². The Morgan fingerprint density at radius 3 is 2.43 bits per heavy atom. The summed E-state index contributed by atoms with van der Waals surface area (Å²) < 4.78 is 9.72. The molecule has 1 amide bonds. The fourth-order valence-corrected chi connectivity index (χ4v) is 2.54. The van der Waals surface area contributed by atoms with Gasteiger partial charge in [0.1, 0.15) is 0 Å². The molecule has 7 heteroatoms. The molecule has 0 spiro atoms. The van der Waals surface area contributed by atoms with Gasteiger partial charge < -0.3 is 20.1 Å². The third kappa shape index (κ3) is 6.63. The number of carbonyl (C=O) groups is 2. The van der Waals surface area contributed by atoms with Gasteiger partial charge in [-0.2, -0.15) is 0 Å². The van der Waals surface area contributed by atoms with Crippen LogP contribution in [0, 0.1) is 5.92 Å². The van der Waals surface area contributed by atoms with Crippen molar-refractivity contribution in [3.05, 3.63) is 0 Å². The van der Waals surface area contributed by atoms with Crippen molar-refractivity contribution in [2.45, 2.75) is 38.1 Å². The van der Waals surface area contributed by atoms with Gasteiger partial charge in [0.2, 0.25) is 5.91 Å². The number of carbonyl (C=O) groups excluding carboxylic acids is 2. The van der Waals surface area contributed by atoms with Gasteiger partial charge in [0.25, 0.3) is 0 Å². The molecular formula is C14H27ClN2O4. The molecule has 1 fully saturated rings. The molecular weight excluding hydrogens is 296 g/mol. The van der Waals surface area contributed by atoms with E-state index in [1.54, 1.807) is 6.92 Å². The van der Waals surface area contributed by atoms with Crippen molar-refractivity contribution >= 4 is 24.3 Å². The van der Waals surface area contributed by atoms with E-state index in [2.05, 4.69) is 10.6 Å². The molecule has 0 aromatic rings. The quantitative estimate of drug-likeness (QED) is 0.681. The molecule has 1 rings (SSSR count). The number of amides is 1. The maximum absolute atomic E-state index is 12.0. The van der Waals surface area contributed by atoms with Crippen molar-refractivity contribution in [3.63, 3.8) is 0 Å². The summed E-state index contributed by atoms with van der Waals surface area (Å²) in [5, 5.41) is 6.03. The minimum atomic E-state index is -1.12. The van der Waals surface area contributed by atoms with Crippen molar-refractivity contribution in [1.82, 2.24) is 10.6 Å². The molecule has 1 aliphatic heterocycles. The second kappa shape index (κ2) is 9.97. The molecule has 1 unspecified atom stereocenters. The van der Waals surface area contributed by atoms with Gasteiger partial charge in [-0.25, -0.2) is 4.79 Å². The van der Waals surface area contributed by atoms with Crippen LogP contribution in [-0.4, -0.2) is 51.3 Å². The largest absolute Gasteiger partial charge is 0.467 e. The van der Waals surface area contributed by atoms with E-state index in [-0.39, 0.29) is 24.9 Å². The monoisotopic (exact) mass is 322 g/mol. The van der Waals surface area contributed by atoms with Crippen LogP contribution in [0.5, 0.6) is 0 Å². The van der Waals surface area contributed by atoms with Gasteiger partial charge in [-0.1, -0.05) is 0 Å². The molecule has 0 aromatic carbocycles. The number of ether oxygens (including phenoxy) is 2. The van der Waals surface area contributed by atoms with E-state index in [9.17, 15) is 9.59 Å². The lowest BCUT2D eigenvalue weighted by Crippen LogP contribution is -2.55. The third-order valence-electron chi connectivity index (χ3n) is 3.72. The lowest BCUT2D eigenvalue weighted by atomic mass is 9.93. The van der Waals surface area contributed by atoms with Crippen LogP contribution < -0.4 is 10.6 Å². The van der Waals surface area contributed by atoms with E-state index in [1.807, 2.05) is 0 Å². The van der Waals surface area contributed by atoms with Crippen LogP contribution in [-0.2, 0) is 19.1 Å². The average molecular weight is 323 g/mol. The number of esters is 1. The lowest BCUT2D eigenvalue weighted by molar-refractivity contribution is -0.152. The van der Waals surface area contributed by atoms with Gasteiger partial charge >= 0.3 is 5.97 Å². The van der Waals surface area contributed by atoms with Crippen LogP contribution in [0.1, 0.15) is 32.6 Å². The maximum atomic E-state index is 12.0. The Morgan fingerprint density at radius 2 is 1.90 bits per heavy atom. The van der Waals surface area contributed by atoms with Gasteiger partial charge in [-0.05, 0) is 45.2 Å². The van der Waals surface area contributed by atoms with Crippen LogP contribution in [0.3, 0.4) is 0 Å². The molecule has 0 saturated carbocycles. The first-order valence-corrected chi connectivity index (χ1v) is 7.11. The highest BCUT2D eigenvalue weighted by molar-refractivity contribution is 5.87. The highest BCUT2D eigenvalue weighted by Crippen LogP contribution is 2.18. The van der Waals surface area contributed by atoms with Crippen molar-refractivity contribution in [1.29, 1.82) is 0 Å². The van der Waals surface area contributed by atoms with Gasteiger partial charge in [-0.15, -0.1) is 12.4 Å². The predicted molar refractivity (Wildman–Crippen MR) is 82.5 cm³/mol. The van der Waals surface area contributed by atoms with Gasteiger partial charge in [0, 0.05) is 13.5 Å². The summed E-state index contributed by atoms with van der Waals surface area (Å²) in [6.45, 7) is 3.76. The van der Waals surface area contributed by atoms with Crippen LogP contribution in [0.25, 0.3) is 0 Å². The van der Waals surface area contributed by atoms with E-state index in [4.69, 9.17) is 9.47 Å². The number of piperidine rings is 1. The van der Waals surface area contributed by atoms with Crippen molar-refractivity contribution in [2.24, 2.45) is 5.92 Å². The second-order valence-corrected chi connectivity index (χ2v) is 5.54. The number of methoxy groups -OCH3 is 2. The Balaban J connectivity index is 0.00000400. The minimum Gasteiger partial charge on any atom is -0.467 e. The highest BCUT2D eigenvalue weighted by atomic mass is 35.5. The average Bonchev–Trinajstić information content (AvgIpc) is 2.45. The van der Waals surface area contributed by atoms with Crippen LogP contribution in [0.15, 0.2) is 0 Å². The molecule has 2 N–H and O–H groups in total. The summed E-state index contributed by atoms with van der Waals surface area (Å²) in [4.78, 5) is 23.7. The smallest absolute Gasteiger partial charge is 0.333 e. The summed E-state index contributed by atoms with van der Waals surface area (Å²) in [5.74, 6) is -0.0307. The fourth-order valence-electron chi connectivity index (χ4n) is 2.54. The molecule has 1 aliphatic rings. The van der Waals surface area contributed by atoms with Crippen molar-refractivity contribution < 1.29 is 19.1 Å². The zero-order valence-corrected chi connectivity index (χ0v) is 13.9. The standard InChI is InChI=1S/C14H26N2O4.ClH/c1-14(10-19-2,13(18)20-3)16-12(17)5-4-11-6-8-15-9-7-11;/h11,15H,4-10H2,1-3H3,(H,16,17);1H. The highest BCUT2D eigenvalue weighted by Gasteiger charge is 2.36. The Labute approximate surface area is 132 Å². The van der Waals surface area contributed by atoms with E-state index in [0.717, 1.165) is 32.4 Å². The molecule has 6 nitrogen and oxygen atoms in total. The zero-order valence-electron chi connectivity index (χ0n) is 13.1. The Kier molecular flexibility index (Phi) is 9.57. The van der Waals surface area contributed by atoms with E-state index >= 15 is 0 Å². The minimum absolute atomic E-state index is 0. The summed E-state index contributed by atoms with van der Waals surface area (Å²) >= 11 is 0. The summed E-state index contributed by atoms with van der Waals surface area (Å²) in [5.41, 5.74) is -1.12. The number of hydrogen-bond donors (Lipinski definition) is 2. The number of nitrogens with one attached hydrogen (secondary N) is 2. The summed E-state index contributed by atoms with van der Waals surface area (Å²) in [7, 11) is 2.79. The molecule has 21 heavy (non-hydrogen) atoms. The topological polar surface area (TPSA) is 76.7 Å². The zero-order chi connectivity index (χ0) is 15.0. The Bertz CT molecular complexity index is 335. The van der Waals surface area contributed by atoms with Gasteiger partial charge in [0.05, 0.1) is 13.7 Å². The van der Waals surface area contributed by atoms with Gasteiger partial charge in [0.15, 0.2) is 5.54 Å². The van der Waals surface area contributed by atoms with Crippen LogP contribution in [0.4, 0.5) is 0 Å². The lowest BCUT2D eigenvalue weighted by Gasteiger charge is -2.28. The normalized spacial score (nSPS) is 18.2. The Morgan fingerprint density at radius 1 is 1.29 bits per heavy atom. The third-order valence-corrected chi connectivity index (χ3v) is 3.72. The number of rotatable bonds is 7. The number of halogens is 1. The molecule has 0 aliphatic carbocycles. The number of hydrogen-bond acceptors (Lipinski definition) is 5. The van der Waals surface area contributed by atoms with E-state index < -0.39 is 11.5 Å². The first-order chi connectivity index (χ1) is 9.51. The van der Waals surface area contributed by atoms with Crippen LogP contribution >= 0.6 is 12.4 Å². The first kappa shape index (κ1) is 20.1. The van der Waals surface area contributed by atoms with Crippen molar-refractivity contribution in [2.75, 3.05) is 33.9 Å². The molecule has 0 bridgehead atoms. The van der Waals surface area contributed by atoms with Crippen LogP contribution in [0.2, 0.25) is 0 Å². The molecule has 1 atom stereocenters. The SMILES string of the molecule is COCC(C)(NC(=O)CCC1CCNCC1)C(=O)OC.Cl. The predicted octanol–water partition coefficient (Wildman–Crippen LogP) is 0.882. The molecule has 1 heterocycles. The Hall–Kier alpha value is -0.850. The van der Waals surface area contributed by atoms with Gasteiger partial charge in [-0.3, -0.25) is 4.79 Å². The maximum Gasteiger partial charge on any atom is 0.333 e. The summed E-state index contributed by atoms with van der Waals surface area (Å²) in [6, 6.07) is 0. The summed E-state index contributed by atoms with van der Waals surface area (Å²) in [6.07, 6.45) is 3.51. The molecule has 124 valence electrons.